The Morgan fingerprint density at radius 1 is 1.44 bits per heavy atom. The first-order valence-electron chi connectivity index (χ1n) is 5.54. The molecule has 2 aliphatic heterocycles. The van der Waals surface area contributed by atoms with E-state index in [0.29, 0.717) is 6.04 Å². The quantitative estimate of drug-likeness (QED) is 0.769. The lowest BCUT2D eigenvalue weighted by Crippen LogP contribution is -2.50. The van der Waals surface area contributed by atoms with Gasteiger partial charge in [-0.15, -0.1) is 12.4 Å². The van der Waals surface area contributed by atoms with Gasteiger partial charge >= 0.3 is 6.09 Å². The summed E-state index contributed by atoms with van der Waals surface area (Å²) in [6, 6.07) is 0.396. The van der Waals surface area contributed by atoms with E-state index in [0.717, 1.165) is 19.4 Å². The van der Waals surface area contributed by atoms with Gasteiger partial charge in [0.05, 0.1) is 0 Å². The summed E-state index contributed by atoms with van der Waals surface area (Å²) in [6.07, 6.45) is 1.98. The van der Waals surface area contributed by atoms with Gasteiger partial charge in [0.15, 0.2) is 0 Å². The van der Waals surface area contributed by atoms with Crippen molar-refractivity contribution in [3.63, 3.8) is 0 Å². The monoisotopic (exact) mass is 248 g/mol. The molecule has 0 spiro atoms. The van der Waals surface area contributed by atoms with Crippen LogP contribution in [0.1, 0.15) is 33.6 Å². The van der Waals surface area contributed by atoms with Gasteiger partial charge in [-0.25, -0.2) is 4.79 Å². The van der Waals surface area contributed by atoms with E-state index in [1.807, 2.05) is 32.7 Å². The average Bonchev–Trinajstić information content (AvgIpc) is 2.53. The van der Waals surface area contributed by atoms with Crippen LogP contribution < -0.4 is 5.32 Å². The van der Waals surface area contributed by atoms with Gasteiger partial charge in [0.1, 0.15) is 5.60 Å². The second-order valence-corrected chi connectivity index (χ2v) is 5.70. The van der Waals surface area contributed by atoms with E-state index in [2.05, 4.69) is 5.32 Å². The average molecular weight is 249 g/mol. The largest absolute Gasteiger partial charge is 0.444 e. The molecule has 16 heavy (non-hydrogen) atoms. The van der Waals surface area contributed by atoms with Gasteiger partial charge in [0.25, 0.3) is 0 Å². The Labute approximate surface area is 103 Å². The Morgan fingerprint density at radius 3 is 2.38 bits per heavy atom. The number of likely N-dealkylation sites (N-methyl/N-ethyl adjacent to an activating group) is 1. The molecule has 0 atom stereocenters. The molecule has 2 heterocycles. The lowest BCUT2D eigenvalue weighted by Gasteiger charge is -2.36. The maximum absolute atomic E-state index is 11.8. The molecule has 3 fully saturated rings. The molecule has 1 N–H and O–H groups in total. The van der Waals surface area contributed by atoms with Crippen LogP contribution in [0.5, 0.6) is 0 Å². The maximum atomic E-state index is 11.8. The van der Waals surface area contributed by atoms with Crippen molar-refractivity contribution in [2.75, 3.05) is 13.6 Å². The zero-order chi connectivity index (χ0) is 11.3. The van der Waals surface area contributed by atoms with E-state index >= 15 is 0 Å². The summed E-state index contributed by atoms with van der Waals surface area (Å²) in [4.78, 5) is 13.7. The highest BCUT2D eigenvalue weighted by atomic mass is 35.5. The summed E-state index contributed by atoms with van der Waals surface area (Å²) in [5.74, 6) is 0. The van der Waals surface area contributed by atoms with Crippen LogP contribution in [-0.4, -0.2) is 41.8 Å². The molecule has 1 saturated carbocycles. The fourth-order valence-corrected chi connectivity index (χ4v) is 2.46. The lowest BCUT2D eigenvalue weighted by atomic mass is 9.78. The molecule has 0 aromatic carbocycles. The molecule has 4 nitrogen and oxygen atoms in total. The molecule has 2 saturated heterocycles. The highest BCUT2D eigenvalue weighted by molar-refractivity contribution is 5.85. The molecule has 2 bridgehead atoms. The van der Waals surface area contributed by atoms with Crippen molar-refractivity contribution in [3.05, 3.63) is 0 Å². The number of nitrogens with one attached hydrogen (secondary N) is 1. The SMILES string of the molecule is CNC12CC(C1)N(C(=O)OC(C)(C)C)C2.Cl. The topological polar surface area (TPSA) is 41.6 Å². The minimum atomic E-state index is -0.392. The number of rotatable bonds is 1. The number of carbonyl (C=O) groups is 1. The van der Waals surface area contributed by atoms with E-state index in [-0.39, 0.29) is 24.0 Å². The smallest absolute Gasteiger partial charge is 0.410 e. The summed E-state index contributed by atoms with van der Waals surface area (Å²) >= 11 is 0. The van der Waals surface area contributed by atoms with E-state index in [1.165, 1.54) is 0 Å². The summed E-state index contributed by atoms with van der Waals surface area (Å²) in [6.45, 7) is 6.50. The predicted molar refractivity (Wildman–Crippen MR) is 65.0 cm³/mol. The fraction of sp³-hybridized carbons (Fsp3) is 0.909. The van der Waals surface area contributed by atoms with E-state index < -0.39 is 5.60 Å². The van der Waals surface area contributed by atoms with E-state index in [4.69, 9.17) is 4.74 Å². The van der Waals surface area contributed by atoms with Gasteiger partial charge in [0, 0.05) is 18.1 Å². The number of ether oxygens (including phenoxy) is 1. The molecular weight excluding hydrogens is 228 g/mol. The number of nitrogens with zero attached hydrogens (tertiary/aromatic N) is 1. The first kappa shape index (κ1) is 13.6. The van der Waals surface area contributed by atoms with Crippen molar-refractivity contribution in [1.82, 2.24) is 10.2 Å². The Hall–Kier alpha value is -0.480. The molecule has 1 amide bonds. The first-order valence-corrected chi connectivity index (χ1v) is 5.54. The molecule has 0 aromatic heterocycles. The second-order valence-electron chi connectivity index (χ2n) is 5.70. The standard InChI is InChI=1S/C11H20N2O2.ClH/c1-10(2,3)15-9(14)13-7-11(12-4)5-8(13)6-11;/h8,12H,5-7H2,1-4H3;1H. The van der Waals surface area contributed by atoms with Crippen LogP contribution in [0.25, 0.3) is 0 Å². The number of fused-ring (bicyclic) bond motifs is 1. The molecule has 94 valence electrons. The van der Waals surface area contributed by atoms with Crippen LogP contribution >= 0.6 is 12.4 Å². The van der Waals surface area contributed by atoms with Crippen LogP contribution in [0.2, 0.25) is 0 Å². The fourth-order valence-electron chi connectivity index (χ4n) is 2.46. The van der Waals surface area contributed by atoms with Crippen molar-refractivity contribution < 1.29 is 9.53 Å². The normalized spacial score (nSPS) is 31.8. The zero-order valence-electron chi connectivity index (χ0n) is 10.4. The summed E-state index contributed by atoms with van der Waals surface area (Å²) < 4.78 is 5.37. The third-order valence-electron chi connectivity index (χ3n) is 3.32. The summed E-state index contributed by atoms with van der Waals surface area (Å²) in [5.41, 5.74) is -0.210. The van der Waals surface area contributed by atoms with Crippen LogP contribution in [0.15, 0.2) is 0 Å². The molecule has 1 aliphatic carbocycles. The van der Waals surface area contributed by atoms with Crippen LogP contribution in [0.3, 0.4) is 0 Å². The summed E-state index contributed by atoms with van der Waals surface area (Å²) in [7, 11) is 1.97. The van der Waals surface area contributed by atoms with Crippen LogP contribution in [-0.2, 0) is 4.74 Å². The Bertz CT molecular complexity index is 282. The molecule has 0 radical (unpaired) electrons. The van der Waals surface area contributed by atoms with E-state index in [1.54, 1.807) is 0 Å². The number of halogens is 1. The van der Waals surface area contributed by atoms with Crippen molar-refractivity contribution in [3.8, 4) is 0 Å². The minimum absolute atomic E-state index is 0. The number of hydrogen-bond donors (Lipinski definition) is 1. The van der Waals surface area contributed by atoms with Crippen molar-refractivity contribution in [1.29, 1.82) is 0 Å². The molecule has 3 aliphatic rings. The van der Waals surface area contributed by atoms with Crippen LogP contribution in [0.4, 0.5) is 4.79 Å². The Kier molecular flexibility index (Phi) is 3.46. The van der Waals surface area contributed by atoms with Gasteiger partial charge in [-0.1, -0.05) is 0 Å². The van der Waals surface area contributed by atoms with Crippen LogP contribution in [0, 0.1) is 0 Å². The molecule has 0 unspecified atom stereocenters. The lowest BCUT2D eigenvalue weighted by molar-refractivity contribution is 0.0245. The molecule has 0 aromatic rings. The van der Waals surface area contributed by atoms with Gasteiger partial charge in [-0.05, 0) is 40.7 Å². The zero-order valence-corrected chi connectivity index (χ0v) is 11.2. The van der Waals surface area contributed by atoms with Crippen molar-refractivity contribution in [2.24, 2.45) is 0 Å². The number of hydrogen-bond acceptors (Lipinski definition) is 3. The Morgan fingerprint density at radius 2 is 2.00 bits per heavy atom. The van der Waals surface area contributed by atoms with E-state index in [9.17, 15) is 4.79 Å². The van der Waals surface area contributed by atoms with Crippen molar-refractivity contribution in [2.45, 2.75) is 50.8 Å². The Balaban J connectivity index is 0.00000128. The van der Waals surface area contributed by atoms with Crippen molar-refractivity contribution >= 4 is 18.5 Å². The number of amides is 1. The summed E-state index contributed by atoms with van der Waals surface area (Å²) in [5, 5.41) is 3.30. The second kappa shape index (κ2) is 4.08. The van der Waals surface area contributed by atoms with Gasteiger partial charge in [0.2, 0.25) is 0 Å². The minimum Gasteiger partial charge on any atom is -0.444 e. The molecule has 5 heteroatoms. The maximum Gasteiger partial charge on any atom is 0.410 e. The first-order chi connectivity index (χ1) is 6.85. The predicted octanol–water partition coefficient (Wildman–Crippen LogP) is 1.78. The van der Waals surface area contributed by atoms with Gasteiger partial charge in [-0.3, -0.25) is 0 Å². The number of carbonyl (C=O) groups excluding carboxylic acids is 1. The highest BCUT2D eigenvalue weighted by Crippen LogP contribution is 2.44. The van der Waals surface area contributed by atoms with Gasteiger partial charge in [-0.2, -0.15) is 0 Å². The third-order valence-corrected chi connectivity index (χ3v) is 3.32. The third kappa shape index (κ3) is 2.28. The molecule has 3 rings (SSSR count). The molecular formula is C11H21ClN2O2. The highest BCUT2D eigenvalue weighted by Gasteiger charge is 2.56. The van der Waals surface area contributed by atoms with Gasteiger partial charge < -0.3 is 15.0 Å².